The Morgan fingerprint density at radius 2 is 2.05 bits per heavy atom. The van der Waals surface area contributed by atoms with Gasteiger partial charge in [-0.15, -0.1) is 0 Å². The Kier molecular flexibility index (Phi) is 5.63. The fraction of sp³-hybridized carbons (Fsp3) is 0.857. The highest BCUT2D eigenvalue weighted by Gasteiger charge is 2.27. The standard InChI is InChI=1S/C14H26N2O3/c1-11(17)15-8-7-12-6-5-9-16(10-12)13(18)19-14(2,3)4/h12H,5-10H2,1-4H3,(H,15,17)/t12-/m0/s1. The number of hydrogen-bond acceptors (Lipinski definition) is 3. The summed E-state index contributed by atoms with van der Waals surface area (Å²) < 4.78 is 5.39. The summed E-state index contributed by atoms with van der Waals surface area (Å²) in [6, 6.07) is 0. The van der Waals surface area contributed by atoms with Crippen LogP contribution in [0, 0.1) is 5.92 Å². The molecular weight excluding hydrogens is 244 g/mol. The number of hydrogen-bond donors (Lipinski definition) is 1. The minimum atomic E-state index is -0.444. The maximum Gasteiger partial charge on any atom is 0.410 e. The van der Waals surface area contributed by atoms with E-state index in [1.807, 2.05) is 20.8 Å². The Morgan fingerprint density at radius 3 is 2.63 bits per heavy atom. The zero-order valence-corrected chi connectivity index (χ0v) is 12.5. The predicted octanol–water partition coefficient (Wildman–Crippen LogP) is 2.16. The minimum absolute atomic E-state index is 0.000178. The maximum atomic E-state index is 12.0. The smallest absolute Gasteiger partial charge is 0.410 e. The largest absolute Gasteiger partial charge is 0.444 e. The molecule has 1 rings (SSSR count). The molecule has 1 heterocycles. The molecule has 1 saturated heterocycles. The molecule has 110 valence electrons. The third kappa shape index (κ3) is 6.45. The van der Waals surface area contributed by atoms with Crippen LogP contribution in [0.4, 0.5) is 4.79 Å². The number of piperidine rings is 1. The van der Waals surface area contributed by atoms with Crippen molar-refractivity contribution in [2.45, 2.75) is 52.6 Å². The number of ether oxygens (including phenoxy) is 1. The summed E-state index contributed by atoms with van der Waals surface area (Å²) in [7, 11) is 0. The molecule has 0 saturated carbocycles. The van der Waals surface area contributed by atoms with Crippen LogP contribution >= 0.6 is 0 Å². The molecule has 0 aromatic carbocycles. The van der Waals surface area contributed by atoms with Gasteiger partial charge in [-0.2, -0.15) is 0 Å². The zero-order chi connectivity index (χ0) is 14.5. The first-order valence-corrected chi connectivity index (χ1v) is 7.00. The van der Waals surface area contributed by atoms with Crippen LogP contribution in [0.15, 0.2) is 0 Å². The molecule has 1 aliphatic rings. The van der Waals surface area contributed by atoms with Gasteiger partial charge in [-0.25, -0.2) is 4.79 Å². The van der Waals surface area contributed by atoms with Crippen molar-refractivity contribution in [3.05, 3.63) is 0 Å². The van der Waals surface area contributed by atoms with E-state index < -0.39 is 5.60 Å². The van der Waals surface area contributed by atoms with E-state index in [0.717, 1.165) is 32.4 Å². The summed E-state index contributed by atoms with van der Waals surface area (Å²) in [6.45, 7) is 9.34. The van der Waals surface area contributed by atoms with Crippen molar-refractivity contribution in [2.24, 2.45) is 5.92 Å². The Hall–Kier alpha value is -1.26. The van der Waals surface area contributed by atoms with Gasteiger partial charge in [-0.3, -0.25) is 4.79 Å². The lowest BCUT2D eigenvalue weighted by molar-refractivity contribution is -0.119. The molecule has 0 bridgehead atoms. The first kappa shape index (κ1) is 15.8. The van der Waals surface area contributed by atoms with E-state index >= 15 is 0 Å². The quantitative estimate of drug-likeness (QED) is 0.855. The third-order valence-electron chi connectivity index (χ3n) is 3.10. The molecule has 0 radical (unpaired) electrons. The monoisotopic (exact) mass is 270 g/mol. The second-order valence-corrected chi connectivity index (χ2v) is 6.21. The second kappa shape index (κ2) is 6.78. The molecule has 0 aromatic rings. The fourth-order valence-corrected chi connectivity index (χ4v) is 2.25. The average Bonchev–Trinajstić information content (AvgIpc) is 2.26. The van der Waals surface area contributed by atoms with Gasteiger partial charge in [0.25, 0.3) is 0 Å². The van der Waals surface area contributed by atoms with E-state index in [1.54, 1.807) is 4.90 Å². The van der Waals surface area contributed by atoms with Crippen molar-refractivity contribution in [1.29, 1.82) is 0 Å². The summed E-state index contributed by atoms with van der Waals surface area (Å²) >= 11 is 0. The van der Waals surface area contributed by atoms with Crippen molar-refractivity contribution in [3.63, 3.8) is 0 Å². The first-order chi connectivity index (χ1) is 8.78. The van der Waals surface area contributed by atoms with Crippen LogP contribution in [-0.4, -0.2) is 42.1 Å². The summed E-state index contributed by atoms with van der Waals surface area (Å²) in [4.78, 5) is 24.6. The maximum absolute atomic E-state index is 12.0. The van der Waals surface area contributed by atoms with Crippen molar-refractivity contribution in [3.8, 4) is 0 Å². The number of amides is 2. The molecular formula is C14H26N2O3. The van der Waals surface area contributed by atoms with E-state index in [1.165, 1.54) is 6.92 Å². The van der Waals surface area contributed by atoms with Gasteiger partial charge in [-0.05, 0) is 46.0 Å². The first-order valence-electron chi connectivity index (χ1n) is 7.00. The van der Waals surface area contributed by atoms with Gasteiger partial charge in [-0.1, -0.05) is 0 Å². The highest BCUT2D eigenvalue weighted by atomic mass is 16.6. The van der Waals surface area contributed by atoms with Gasteiger partial charge < -0.3 is 15.0 Å². The average molecular weight is 270 g/mol. The molecule has 1 fully saturated rings. The zero-order valence-electron chi connectivity index (χ0n) is 12.5. The number of carbonyl (C=O) groups excluding carboxylic acids is 2. The Bertz CT molecular complexity index is 323. The Balaban J connectivity index is 2.37. The fourth-order valence-electron chi connectivity index (χ4n) is 2.25. The van der Waals surface area contributed by atoms with Crippen LogP contribution in [-0.2, 0) is 9.53 Å². The highest BCUT2D eigenvalue weighted by Crippen LogP contribution is 2.21. The molecule has 1 atom stereocenters. The van der Waals surface area contributed by atoms with Gasteiger partial charge in [0.2, 0.25) is 5.91 Å². The van der Waals surface area contributed by atoms with Crippen LogP contribution in [0.25, 0.3) is 0 Å². The van der Waals surface area contributed by atoms with Crippen LogP contribution in [0.2, 0.25) is 0 Å². The van der Waals surface area contributed by atoms with Crippen molar-refractivity contribution in [2.75, 3.05) is 19.6 Å². The molecule has 1 N–H and O–H groups in total. The van der Waals surface area contributed by atoms with Gasteiger partial charge in [0, 0.05) is 26.6 Å². The van der Waals surface area contributed by atoms with Crippen molar-refractivity contribution in [1.82, 2.24) is 10.2 Å². The summed E-state index contributed by atoms with van der Waals surface area (Å²) in [5, 5.41) is 2.80. The van der Waals surface area contributed by atoms with E-state index in [2.05, 4.69) is 5.32 Å². The molecule has 1 aliphatic heterocycles. The van der Waals surface area contributed by atoms with Crippen LogP contribution in [0.1, 0.15) is 47.0 Å². The Labute approximate surface area is 115 Å². The number of likely N-dealkylation sites (tertiary alicyclic amines) is 1. The van der Waals surface area contributed by atoms with E-state index in [-0.39, 0.29) is 12.0 Å². The minimum Gasteiger partial charge on any atom is -0.444 e. The summed E-state index contributed by atoms with van der Waals surface area (Å²) in [5.41, 5.74) is -0.444. The predicted molar refractivity (Wildman–Crippen MR) is 73.8 cm³/mol. The molecule has 2 amide bonds. The van der Waals surface area contributed by atoms with Crippen molar-refractivity contribution >= 4 is 12.0 Å². The number of rotatable bonds is 3. The van der Waals surface area contributed by atoms with Gasteiger partial charge in [0.1, 0.15) is 5.60 Å². The lowest BCUT2D eigenvalue weighted by Crippen LogP contribution is -2.43. The highest BCUT2D eigenvalue weighted by molar-refractivity contribution is 5.72. The second-order valence-electron chi connectivity index (χ2n) is 6.21. The van der Waals surface area contributed by atoms with Crippen LogP contribution < -0.4 is 5.32 Å². The lowest BCUT2D eigenvalue weighted by Gasteiger charge is -2.34. The molecule has 19 heavy (non-hydrogen) atoms. The van der Waals surface area contributed by atoms with Gasteiger partial charge in [0.15, 0.2) is 0 Å². The molecule has 5 nitrogen and oxygen atoms in total. The molecule has 0 aromatic heterocycles. The van der Waals surface area contributed by atoms with Gasteiger partial charge in [0.05, 0.1) is 0 Å². The normalized spacial score (nSPS) is 20.0. The molecule has 0 unspecified atom stereocenters. The number of nitrogens with zero attached hydrogens (tertiary/aromatic N) is 1. The lowest BCUT2D eigenvalue weighted by atomic mass is 9.95. The Morgan fingerprint density at radius 1 is 1.37 bits per heavy atom. The third-order valence-corrected chi connectivity index (χ3v) is 3.10. The summed E-state index contributed by atoms with van der Waals surface area (Å²) in [6.07, 6.45) is 2.80. The van der Waals surface area contributed by atoms with Crippen LogP contribution in [0.5, 0.6) is 0 Å². The SMILES string of the molecule is CC(=O)NCC[C@@H]1CCCN(C(=O)OC(C)(C)C)C1. The summed E-state index contributed by atoms with van der Waals surface area (Å²) in [5.74, 6) is 0.452. The van der Waals surface area contributed by atoms with E-state index in [0.29, 0.717) is 12.5 Å². The number of nitrogens with one attached hydrogen (secondary N) is 1. The number of carbonyl (C=O) groups is 2. The van der Waals surface area contributed by atoms with Crippen LogP contribution in [0.3, 0.4) is 0 Å². The van der Waals surface area contributed by atoms with Crippen molar-refractivity contribution < 1.29 is 14.3 Å². The topological polar surface area (TPSA) is 58.6 Å². The van der Waals surface area contributed by atoms with Gasteiger partial charge >= 0.3 is 6.09 Å². The van der Waals surface area contributed by atoms with E-state index in [4.69, 9.17) is 4.74 Å². The molecule has 0 aliphatic carbocycles. The molecule has 5 heteroatoms. The van der Waals surface area contributed by atoms with E-state index in [9.17, 15) is 9.59 Å². The molecule has 0 spiro atoms.